The van der Waals surface area contributed by atoms with E-state index in [2.05, 4.69) is 5.32 Å². The van der Waals surface area contributed by atoms with Crippen LogP contribution in [0.3, 0.4) is 0 Å². The topological polar surface area (TPSA) is 87.0 Å². The van der Waals surface area contributed by atoms with Gasteiger partial charge in [-0.15, -0.1) is 0 Å². The van der Waals surface area contributed by atoms with Crippen LogP contribution < -0.4 is 14.8 Å². The van der Waals surface area contributed by atoms with E-state index in [1.807, 2.05) is 12.1 Å². The van der Waals surface area contributed by atoms with Crippen LogP contribution >= 0.6 is 0 Å². The summed E-state index contributed by atoms with van der Waals surface area (Å²) in [7, 11) is 0. The summed E-state index contributed by atoms with van der Waals surface area (Å²) in [6.07, 6.45) is -0.345. The largest absolute Gasteiger partial charge is 0.486 e. The van der Waals surface area contributed by atoms with E-state index in [0.717, 1.165) is 0 Å². The van der Waals surface area contributed by atoms with Crippen molar-refractivity contribution in [1.82, 2.24) is 5.32 Å². The molecular weight excluding hydrogens is 393 g/mol. The summed E-state index contributed by atoms with van der Waals surface area (Å²) in [6, 6.07) is 15.9. The second kappa shape index (κ2) is 8.69. The van der Waals surface area contributed by atoms with Crippen molar-refractivity contribution in [3.63, 3.8) is 0 Å². The van der Waals surface area contributed by atoms with Crippen molar-refractivity contribution in [1.29, 1.82) is 0 Å². The van der Waals surface area contributed by atoms with E-state index in [0.29, 0.717) is 29.4 Å². The third kappa shape index (κ3) is 4.60. The summed E-state index contributed by atoms with van der Waals surface area (Å²) in [4.78, 5) is 24.1. The first-order valence-corrected chi connectivity index (χ1v) is 9.26. The minimum absolute atomic E-state index is 0.0530. The van der Waals surface area contributed by atoms with Gasteiger partial charge in [-0.2, -0.15) is 0 Å². The predicted molar refractivity (Wildman–Crippen MR) is 104 cm³/mol. The summed E-state index contributed by atoms with van der Waals surface area (Å²) in [5.74, 6) is -0.00768. The zero-order valence-electron chi connectivity index (χ0n) is 15.8. The fraction of sp³-hybridized carbons (Fsp3) is 0.182. The molecule has 8 heteroatoms. The Labute approximate surface area is 171 Å². The van der Waals surface area contributed by atoms with Crippen molar-refractivity contribution in [3.8, 4) is 22.8 Å². The van der Waals surface area contributed by atoms with Crippen molar-refractivity contribution >= 4 is 11.9 Å². The minimum Gasteiger partial charge on any atom is -0.486 e. The van der Waals surface area contributed by atoms with Crippen molar-refractivity contribution in [2.45, 2.75) is 6.10 Å². The summed E-state index contributed by atoms with van der Waals surface area (Å²) in [5, 5.41) is 2.64. The summed E-state index contributed by atoms with van der Waals surface area (Å²) >= 11 is 0. The van der Waals surface area contributed by atoms with E-state index in [1.165, 1.54) is 30.3 Å². The van der Waals surface area contributed by atoms with Gasteiger partial charge in [-0.05, 0) is 48.5 Å². The number of halogens is 1. The molecule has 3 aromatic rings. The number of amides is 1. The number of hydrogen-bond acceptors (Lipinski definition) is 6. The monoisotopic (exact) mass is 411 g/mol. The molecule has 7 nitrogen and oxygen atoms in total. The Kier molecular flexibility index (Phi) is 5.65. The van der Waals surface area contributed by atoms with Crippen LogP contribution in [0, 0.1) is 5.82 Å². The van der Waals surface area contributed by atoms with Crippen LogP contribution in [0.4, 0.5) is 4.39 Å². The molecule has 1 aliphatic rings. The normalized spacial score (nSPS) is 14.8. The quantitative estimate of drug-likeness (QED) is 0.627. The number of fused-ring (bicyclic) bond motifs is 1. The maximum Gasteiger partial charge on any atom is 0.374 e. The second-order valence-corrected chi connectivity index (χ2v) is 6.55. The van der Waals surface area contributed by atoms with Crippen LogP contribution in [0.5, 0.6) is 11.5 Å². The number of esters is 1. The first kappa shape index (κ1) is 19.5. The molecule has 1 aliphatic heterocycles. The van der Waals surface area contributed by atoms with Crippen molar-refractivity contribution in [2.75, 3.05) is 19.8 Å². The van der Waals surface area contributed by atoms with Gasteiger partial charge in [-0.3, -0.25) is 4.79 Å². The van der Waals surface area contributed by atoms with E-state index in [-0.39, 0.29) is 24.2 Å². The molecule has 0 spiro atoms. The van der Waals surface area contributed by atoms with Gasteiger partial charge in [0.25, 0.3) is 5.91 Å². The molecule has 30 heavy (non-hydrogen) atoms. The fourth-order valence-electron chi connectivity index (χ4n) is 2.86. The molecule has 1 amide bonds. The minimum atomic E-state index is -0.773. The van der Waals surface area contributed by atoms with Crippen molar-refractivity contribution in [2.24, 2.45) is 0 Å². The Hall–Kier alpha value is -3.81. The molecule has 1 N–H and O–H groups in total. The highest BCUT2D eigenvalue weighted by atomic mass is 19.1. The number of carbonyl (C=O) groups excluding carboxylic acids is 2. The number of furan rings is 1. The zero-order valence-corrected chi connectivity index (χ0v) is 15.8. The average Bonchev–Trinajstić information content (AvgIpc) is 3.27. The molecule has 0 bridgehead atoms. The molecule has 0 aliphatic carbocycles. The number of ether oxygens (including phenoxy) is 3. The average molecular weight is 411 g/mol. The standard InChI is InChI=1S/C22H18FNO6/c23-15-7-5-14(6-8-15)17-9-10-20(30-17)22(26)28-13-21(25)24-11-16-12-27-18-3-1-2-4-19(18)29-16/h1-10,16H,11-13H2,(H,24,25). The molecule has 0 radical (unpaired) electrons. The molecule has 0 fully saturated rings. The lowest BCUT2D eigenvalue weighted by Crippen LogP contribution is -2.42. The molecule has 1 unspecified atom stereocenters. The van der Waals surface area contributed by atoms with Gasteiger partial charge in [-0.1, -0.05) is 12.1 Å². The van der Waals surface area contributed by atoms with Crippen LogP contribution in [-0.2, 0) is 9.53 Å². The van der Waals surface area contributed by atoms with Gasteiger partial charge < -0.3 is 23.9 Å². The predicted octanol–water partition coefficient (Wildman–Crippen LogP) is 3.20. The maximum absolute atomic E-state index is 13.0. The van der Waals surface area contributed by atoms with Crippen LogP contribution in [0.25, 0.3) is 11.3 Å². The first-order chi connectivity index (χ1) is 14.6. The van der Waals surface area contributed by atoms with Crippen molar-refractivity contribution in [3.05, 3.63) is 72.2 Å². The molecule has 1 atom stereocenters. The Balaban J connectivity index is 1.23. The lowest BCUT2D eigenvalue weighted by molar-refractivity contribution is -0.124. The number of rotatable bonds is 6. The van der Waals surface area contributed by atoms with Gasteiger partial charge in [0.15, 0.2) is 18.1 Å². The second-order valence-electron chi connectivity index (χ2n) is 6.55. The molecule has 2 aromatic carbocycles. The number of carbonyl (C=O) groups is 2. The SMILES string of the molecule is O=C(COC(=O)c1ccc(-c2ccc(F)cc2)o1)NCC1COc2ccccc2O1. The maximum atomic E-state index is 13.0. The lowest BCUT2D eigenvalue weighted by atomic mass is 10.2. The van der Waals surface area contributed by atoms with Gasteiger partial charge in [0, 0.05) is 5.56 Å². The highest BCUT2D eigenvalue weighted by Crippen LogP contribution is 2.30. The van der Waals surface area contributed by atoms with Crippen molar-refractivity contribution < 1.29 is 32.6 Å². The molecule has 0 saturated heterocycles. The third-order valence-corrected chi connectivity index (χ3v) is 4.36. The van der Waals surface area contributed by atoms with Crippen LogP contribution in [0.1, 0.15) is 10.6 Å². The van der Waals surface area contributed by atoms with Crippen LogP contribution in [0.2, 0.25) is 0 Å². The van der Waals surface area contributed by atoms with Gasteiger partial charge in [0.05, 0.1) is 6.54 Å². The molecule has 0 saturated carbocycles. The summed E-state index contributed by atoms with van der Waals surface area (Å²) < 4.78 is 34.7. The van der Waals surface area contributed by atoms with E-state index >= 15 is 0 Å². The molecule has 2 heterocycles. The molecule has 1 aromatic heterocycles. The third-order valence-electron chi connectivity index (χ3n) is 4.36. The molecular formula is C22H18FNO6. The first-order valence-electron chi connectivity index (χ1n) is 9.26. The molecule has 154 valence electrons. The Morgan fingerprint density at radius 1 is 1.03 bits per heavy atom. The Bertz CT molecular complexity index is 1050. The lowest BCUT2D eigenvalue weighted by Gasteiger charge is -2.26. The van der Waals surface area contributed by atoms with Crippen LogP contribution in [-0.4, -0.2) is 37.7 Å². The number of para-hydroxylation sites is 2. The van der Waals surface area contributed by atoms with Gasteiger partial charge >= 0.3 is 5.97 Å². The van der Waals surface area contributed by atoms with Gasteiger partial charge in [0.2, 0.25) is 5.76 Å². The Morgan fingerprint density at radius 3 is 2.60 bits per heavy atom. The van der Waals surface area contributed by atoms with Gasteiger partial charge in [0.1, 0.15) is 24.3 Å². The summed E-state index contributed by atoms with van der Waals surface area (Å²) in [6.45, 7) is 0.0470. The van der Waals surface area contributed by atoms with E-state index in [1.54, 1.807) is 18.2 Å². The van der Waals surface area contributed by atoms with Crippen LogP contribution in [0.15, 0.2) is 65.1 Å². The van der Waals surface area contributed by atoms with E-state index < -0.39 is 18.5 Å². The fourth-order valence-corrected chi connectivity index (χ4v) is 2.86. The highest BCUT2D eigenvalue weighted by Gasteiger charge is 2.21. The Morgan fingerprint density at radius 2 is 1.80 bits per heavy atom. The van der Waals surface area contributed by atoms with E-state index in [9.17, 15) is 14.0 Å². The number of hydrogen-bond donors (Lipinski definition) is 1. The number of nitrogens with one attached hydrogen (secondary N) is 1. The highest BCUT2D eigenvalue weighted by molar-refractivity contribution is 5.89. The van der Waals surface area contributed by atoms with Gasteiger partial charge in [-0.25, -0.2) is 9.18 Å². The molecule has 4 rings (SSSR count). The number of benzene rings is 2. The smallest absolute Gasteiger partial charge is 0.374 e. The van der Waals surface area contributed by atoms with E-state index in [4.69, 9.17) is 18.6 Å². The zero-order chi connectivity index (χ0) is 20.9. The summed E-state index contributed by atoms with van der Waals surface area (Å²) in [5.41, 5.74) is 0.615.